The zero-order valence-corrected chi connectivity index (χ0v) is 12.6. The van der Waals surface area contributed by atoms with E-state index in [9.17, 15) is 0 Å². The van der Waals surface area contributed by atoms with E-state index in [4.69, 9.17) is 9.47 Å². The fraction of sp³-hybridized carbons (Fsp3) is 1.00. The SMILES string of the molecule is COCCNCC1(C2CCCCCC2)CCOCC1. The highest BCUT2D eigenvalue weighted by atomic mass is 16.5. The van der Waals surface area contributed by atoms with Gasteiger partial charge in [-0.1, -0.05) is 25.7 Å². The summed E-state index contributed by atoms with van der Waals surface area (Å²) in [5.41, 5.74) is 0.496. The molecule has 2 rings (SSSR count). The van der Waals surface area contributed by atoms with Gasteiger partial charge >= 0.3 is 0 Å². The van der Waals surface area contributed by atoms with Gasteiger partial charge in [-0.05, 0) is 37.0 Å². The lowest BCUT2D eigenvalue weighted by Gasteiger charge is -2.44. The third-order valence-electron chi connectivity index (χ3n) is 5.17. The van der Waals surface area contributed by atoms with Gasteiger partial charge in [0.25, 0.3) is 0 Å². The highest BCUT2D eigenvalue weighted by Gasteiger charge is 2.39. The summed E-state index contributed by atoms with van der Waals surface area (Å²) in [6.45, 7) is 4.87. The Labute approximate surface area is 118 Å². The molecule has 1 saturated carbocycles. The molecule has 0 spiro atoms. The largest absolute Gasteiger partial charge is 0.383 e. The predicted molar refractivity (Wildman–Crippen MR) is 78.4 cm³/mol. The number of methoxy groups -OCH3 is 1. The van der Waals surface area contributed by atoms with E-state index in [0.717, 1.165) is 38.8 Å². The molecule has 1 aliphatic heterocycles. The Morgan fingerprint density at radius 3 is 2.42 bits per heavy atom. The second-order valence-corrected chi connectivity index (χ2v) is 6.33. The van der Waals surface area contributed by atoms with Crippen molar-refractivity contribution >= 4 is 0 Å². The molecule has 0 aromatic rings. The lowest BCUT2D eigenvalue weighted by molar-refractivity contribution is -0.0229. The molecule has 3 nitrogen and oxygen atoms in total. The Hall–Kier alpha value is -0.120. The van der Waals surface area contributed by atoms with E-state index in [1.54, 1.807) is 7.11 Å². The molecule has 0 radical (unpaired) electrons. The summed E-state index contributed by atoms with van der Waals surface area (Å²) >= 11 is 0. The highest BCUT2D eigenvalue weighted by Crippen LogP contribution is 2.44. The summed E-state index contributed by atoms with van der Waals surface area (Å²) in [6.07, 6.45) is 11.1. The minimum atomic E-state index is 0.496. The summed E-state index contributed by atoms with van der Waals surface area (Å²) < 4.78 is 10.8. The van der Waals surface area contributed by atoms with Gasteiger partial charge < -0.3 is 14.8 Å². The minimum Gasteiger partial charge on any atom is -0.383 e. The van der Waals surface area contributed by atoms with Gasteiger partial charge in [0.05, 0.1) is 6.61 Å². The zero-order chi connectivity index (χ0) is 13.4. The lowest BCUT2D eigenvalue weighted by Crippen LogP contribution is -2.45. The maximum atomic E-state index is 5.62. The van der Waals surface area contributed by atoms with Crippen molar-refractivity contribution < 1.29 is 9.47 Å². The second-order valence-electron chi connectivity index (χ2n) is 6.33. The molecule has 0 amide bonds. The van der Waals surface area contributed by atoms with Crippen LogP contribution in [0.15, 0.2) is 0 Å². The van der Waals surface area contributed by atoms with Gasteiger partial charge in [-0.25, -0.2) is 0 Å². The minimum absolute atomic E-state index is 0.496. The maximum Gasteiger partial charge on any atom is 0.0587 e. The van der Waals surface area contributed by atoms with Gasteiger partial charge in [0.1, 0.15) is 0 Å². The van der Waals surface area contributed by atoms with Crippen molar-refractivity contribution in [3.05, 3.63) is 0 Å². The molecule has 1 N–H and O–H groups in total. The molecule has 3 heteroatoms. The van der Waals surface area contributed by atoms with Gasteiger partial charge in [0, 0.05) is 33.4 Å². The molecular weight excluding hydrogens is 238 g/mol. The topological polar surface area (TPSA) is 30.5 Å². The van der Waals surface area contributed by atoms with Crippen LogP contribution in [-0.4, -0.2) is 40.0 Å². The van der Waals surface area contributed by atoms with Crippen LogP contribution in [0, 0.1) is 11.3 Å². The fourth-order valence-electron chi connectivity index (χ4n) is 3.91. The fourth-order valence-corrected chi connectivity index (χ4v) is 3.91. The van der Waals surface area contributed by atoms with Gasteiger partial charge in [-0.2, -0.15) is 0 Å². The normalized spacial score (nSPS) is 25.1. The number of hydrogen-bond acceptors (Lipinski definition) is 3. The van der Waals surface area contributed by atoms with Crippen molar-refractivity contribution in [1.29, 1.82) is 0 Å². The van der Waals surface area contributed by atoms with Crippen molar-refractivity contribution in [2.75, 3.05) is 40.0 Å². The third kappa shape index (κ3) is 4.44. The standard InChI is InChI=1S/C16H31NO2/c1-18-13-10-17-14-16(8-11-19-12-9-16)15-6-4-2-3-5-7-15/h15,17H,2-14H2,1H3. The van der Waals surface area contributed by atoms with Crippen LogP contribution in [0.25, 0.3) is 0 Å². The van der Waals surface area contributed by atoms with Crippen LogP contribution in [0.3, 0.4) is 0 Å². The van der Waals surface area contributed by atoms with Gasteiger partial charge in [-0.15, -0.1) is 0 Å². The van der Waals surface area contributed by atoms with Crippen molar-refractivity contribution in [2.45, 2.75) is 51.4 Å². The summed E-state index contributed by atoms with van der Waals surface area (Å²) in [5, 5.41) is 3.63. The molecule has 0 bridgehead atoms. The van der Waals surface area contributed by atoms with Crippen molar-refractivity contribution in [2.24, 2.45) is 11.3 Å². The molecule has 2 fully saturated rings. The number of ether oxygens (including phenoxy) is 2. The monoisotopic (exact) mass is 269 g/mol. The molecule has 0 aromatic heterocycles. The molecule has 0 unspecified atom stereocenters. The number of hydrogen-bond donors (Lipinski definition) is 1. The van der Waals surface area contributed by atoms with Crippen molar-refractivity contribution in [3.8, 4) is 0 Å². The van der Waals surface area contributed by atoms with Gasteiger partial charge in [0.2, 0.25) is 0 Å². The van der Waals surface area contributed by atoms with Gasteiger partial charge in [0.15, 0.2) is 0 Å². The molecule has 1 saturated heterocycles. The molecule has 1 aliphatic carbocycles. The molecule has 0 atom stereocenters. The van der Waals surface area contributed by atoms with Crippen molar-refractivity contribution in [1.82, 2.24) is 5.32 Å². The first-order valence-corrected chi connectivity index (χ1v) is 8.15. The maximum absolute atomic E-state index is 5.62. The molecular formula is C16H31NO2. The Balaban J connectivity index is 1.92. The summed E-state index contributed by atoms with van der Waals surface area (Å²) in [4.78, 5) is 0. The van der Waals surface area contributed by atoms with Crippen LogP contribution in [0.1, 0.15) is 51.4 Å². The van der Waals surface area contributed by atoms with E-state index < -0.39 is 0 Å². The lowest BCUT2D eigenvalue weighted by atomic mass is 9.67. The molecule has 0 aromatic carbocycles. The summed E-state index contributed by atoms with van der Waals surface area (Å²) in [5.74, 6) is 0.911. The second kappa shape index (κ2) is 8.23. The highest BCUT2D eigenvalue weighted by molar-refractivity contribution is 4.91. The zero-order valence-electron chi connectivity index (χ0n) is 12.6. The van der Waals surface area contributed by atoms with E-state index >= 15 is 0 Å². The van der Waals surface area contributed by atoms with E-state index in [1.807, 2.05) is 0 Å². The van der Waals surface area contributed by atoms with Crippen LogP contribution in [0.5, 0.6) is 0 Å². The average Bonchev–Trinajstić information content (AvgIpc) is 2.74. The molecule has 1 heterocycles. The van der Waals surface area contributed by atoms with E-state index in [0.29, 0.717) is 5.41 Å². The van der Waals surface area contributed by atoms with Crippen LogP contribution in [-0.2, 0) is 9.47 Å². The quantitative estimate of drug-likeness (QED) is 0.594. The molecule has 19 heavy (non-hydrogen) atoms. The van der Waals surface area contributed by atoms with Gasteiger partial charge in [-0.3, -0.25) is 0 Å². The first-order chi connectivity index (χ1) is 9.37. The van der Waals surface area contributed by atoms with Crippen molar-refractivity contribution in [3.63, 3.8) is 0 Å². The Bertz CT molecular complexity index is 231. The first-order valence-electron chi connectivity index (χ1n) is 8.15. The number of nitrogens with one attached hydrogen (secondary N) is 1. The van der Waals surface area contributed by atoms with Crippen LogP contribution >= 0.6 is 0 Å². The average molecular weight is 269 g/mol. The number of rotatable bonds is 6. The summed E-state index contributed by atoms with van der Waals surface area (Å²) in [6, 6.07) is 0. The molecule has 112 valence electrons. The van der Waals surface area contributed by atoms with Crippen LogP contribution < -0.4 is 5.32 Å². The van der Waals surface area contributed by atoms with Crippen LogP contribution in [0.4, 0.5) is 0 Å². The Kier molecular flexibility index (Phi) is 6.62. The Morgan fingerprint density at radius 1 is 1.11 bits per heavy atom. The van der Waals surface area contributed by atoms with E-state index in [1.165, 1.54) is 51.4 Å². The predicted octanol–water partition coefficient (Wildman–Crippen LogP) is 2.99. The molecule has 2 aliphatic rings. The smallest absolute Gasteiger partial charge is 0.0587 e. The summed E-state index contributed by atoms with van der Waals surface area (Å²) in [7, 11) is 1.77. The third-order valence-corrected chi connectivity index (χ3v) is 5.17. The van der Waals surface area contributed by atoms with E-state index in [2.05, 4.69) is 5.32 Å². The van der Waals surface area contributed by atoms with Crippen LogP contribution in [0.2, 0.25) is 0 Å². The Morgan fingerprint density at radius 2 is 1.79 bits per heavy atom. The van der Waals surface area contributed by atoms with E-state index in [-0.39, 0.29) is 0 Å². The first kappa shape index (κ1) is 15.3.